The smallest absolute Gasteiger partial charge is 0.243 e. The molecular weight excluding hydrogens is 430 g/mol. The van der Waals surface area contributed by atoms with Gasteiger partial charge in [0.15, 0.2) is 0 Å². The Hall–Kier alpha value is -2.18. The highest BCUT2D eigenvalue weighted by molar-refractivity contribution is 9.10. The Bertz CT molecular complexity index is 856. The molecule has 0 fully saturated rings. The lowest BCUT2D eigenvalue weighted by atomic mass is 9.87. The van der Waals surface area contributed by atoms with Crippen molar-refractivity contribution in [3.05, 3.63) is 64.1 Å². The van der Waals surface area contributed by atoms with Crippen molar-refractivity contribution in [1.29, 1.82) is 0 Å². The standard InChI is InChI=1S/C23H28BrN3O2/c1-2-13-27(19-12-11-17-7-3-4-8-18(17)14-19)16-23(29)25-15-22(28)26-21-10-6-5-9-20(21)24/h3-10,19H,2,11-16H2,1H3,(H,25,29)(H,26,28). The molecule has 1 aliphatic rings. The number of carbonyl (C=O) groups excluding carboxylic acids is 2. The number of fused-ring (bicyclic) bond motifs is 1. The molecule has 0 heterocycles. The van der Waals surface area contributed by atoms with Crippen molar-refractivity contribution in [3.63, 3.8) is 0 Å². The van der Waals surface area contributed by atoms with Gasteiger partial charge in [0, 0.05) is 10.5 Å². The summed E-state index contributed by atoms with van der Waals surface area (Å²) in [6.45, 7) is 3.30. The lowest BCUT2D eigenvalue weighted by Crippen LogP contribution is -2.46. The number of carbonyl (C=O) groups is 2. The van der Waals surface area contributed by atoms with Gasteiger partial charge in [-0.1, -0.05) is 43.3 Å². The van der Waals surface area contributed by atoms with Crippen LogP contribution in [0.15, 0.2) is 53.0 Å². The number of aryl methyl sites for hydroxylation is 1. The zero-order chi connectivity index (χ0) is 20.6. The molecule has 5 nitrogen and oxygen atoms in total. The molecule has 0 spiro atoms. The Morgan fingerprint density at radius 3 is 2.55 bits per heavy atom. The summed E-state index contributed by atoms with van der Waals surface area (Å²) in [5.41, 5.74) is 3.51. The molecule has 0 bridgehead atoms. The van der Waals surface area contributed by atoms with Crippen LogP contribution < -0.4 is 10.6 Å². The van der Waals surface area contributed by atoms with Gasteiger partial charge in [-0.15, -0.1) is 0 Å². The number of hydrogen-bond donors (Lipinski definition) is 2. The molecule has 6 heteroatoms. The highest BCUT2D eigenvalue weighted by atomic mass is 79.9. The van der Waals surface area contributed by atoms with Crippen molar-refractivity contribution >= 4 is 33.4 Å². The molecule has 2 aromatic carbocycles. The van der Waals surface area contributed by atoms with E-state index in [9.17, 15) is 9.59 Å². The second-order valence-electron chi connectivity index (χ2n) is 7.44. The van der Waals surface area contributed by atoms with Gasteiger partial charge in [0.25, 0.3) is 0 Å². The molecule has 3 rings (SSSR count). The van der Waals surface area contributed by atoms with E-state index in [0.29, 0.717) is 18.3 Å². The van der Waals surface area contributed by atoms with Crippen LogP contribution in [0.2, 0.25) is 0 Å². The topological polar surface area (TPSA) is 61.4 Å². The van der Waals surface area contributed by atoms with Crippen LogP contribution in [0.5, 0.6) is 0 Å². The fraction of sp³-hybridized carbons (Fsp3) is 0.391. The van der Waals surface area contributed by atoms with Gasteiger partial charge in [0.1, 0.15) is 0 Å². The number of halogens is 1. The van der Waals surface area contributed by atoms with Gasteiger partial charge in [-0.3, -0.25) is 14.5 Å². The average Bonchev–Trinajstić information content (AvgIpc) is 2.73. The lowest BCUT2D eigenvalue weighted by molar-refractivity contribution is -0.125. The number of nitrogens with zero attached hydrogens (tertiary/aromatic N) is 1. The third kappa shape index (κ3) is 6.15. The minimum absolute atomic E-state index is 0.0341. The maximum atomic E-state index is 12.5. The summed E-state index contributed by atoms with van der Waals surface area (Å²) in [5.74, 6) is -0.349. The van der Waals surface area contributed by atoms with Crippen molar-refractivity contribution in [2.45, 2.75) is 38.6 Å². The quantitative estimate of drug-likeness (QED) is 0.633. The maximum Gasteiger partial charge on any atom is 0.243 e. The molecule has 1 unspecified atom stereocenters. The molecule has 2 aromatic rings. The predicted molar refractivity (Wildman–Crippen MR) is 120 cm³/mol. The summed E-state index contributed by atoms with van der Waals surface area (Å²) >= 11 is 3.40. The van der Waals surface area contributed by atoms with Crippen molar-refractivity contribution in [1.82, 2.24) is 10.2 Å². The number of para-hydroxylation sites is 1. The van der Waals surface area contributed by atoms with Gasteiger partial charge >= 0.3 is 0 Å². The maximum absolute atomic E-state index is 12.5. The Balaban J connectivity index is 1.51. The number of amides is 2. The summed E-state index contributed by atoms with van der Waals surface area (Å²) in [7, 11) is 0. The van der Waals surface area contributed by atoms with E-state index in [1.54, 1.807) is 0 Å². The van der Waals surface area contributed by atoms with Crippen LogP contribution >= 0.6 is 15.9 Å². The number of rotatable bonds is 8. The molecule has 0 saturated heterocycles. The number of benzene rings is 2. The zero-order valence-corrected chi connectivity index (χ0v) is 18.4. The second-order valence-corrected chi connectivity index (χ2v) is 8.29. The predicted octanol–water partition coefficient (Wildman–Crippen LogP) is 3.77. The Kier molecular flexibility index (Phi) is 7.83. The third-order valence-electron chi connectivity index (χ3n) is 5.29. The van der Waals surface area contributed by atoms with E-state index in [0.717, 1.165) is 36.7 Å². The number of anilines is 1. The van der Waals surface area contributed by atoms with Gasteiger partial charge in [-0.25, -0.2) is 0 Å². The van der Waals surface area contributed by atoms with Crippen LogP contribution in [0.25, 0.3) is 0 Å². The SMILES string of the molecule is CCCN(CC(=O)NCC(=O)Nc1ccccc1Br)C1CCc2ccccc2C1. The van der Waals surface area contributed by atoms with Crippen molar-refractivity contribution in [3.8, 4) is 0 Å². The molecule has 1 aliphatic carbocycles. The monoisotopic (exact) mass is 457 g/mol. The van der Waals surface area contributed by atoms with E-state index in [2.05, 4.69) is 62.7 Å². The molecule has 2 N–H and O–H groups in total. The zero-order valence-electron chi connectivity index (χ0n) is 16.8. The second kappa shape index (κ2) is 10.6. The van der Waals surface area contributed by atoms with Gasteiger partial charge in [-0.05, 0) is 71.4 Å². The van der Waals surface area contributed by atoms with Crippen LogP contribution in [0.4, 0.5) is 5.69 Å². The van der Waals surface area contributed by atoms with E-state index < -0.39 is 0 Å². The molecule has 0 aromatic heterocycles. The third-order valence-corrected chi connectivity index (χ3v) is 5.98. The molecule has 29 heavy (non-hydrogen) atoms. The summed E-state index contributed by atoms with van der Waals surface area (Å²) in [6.07, 6.45) is 4.09. The molecule has 2 amide bonds. The Morgan fingerprint density at radius 1 is 1.07 bits per heavy atom. The highest BCUT2D eigenvalue weighted by Gasteiger charge is 2.25. The highest BCUT2D eigenvalue weighted by Crippen LogP contribution is 2.24. The first-order chi connectivity index (χ1) is 14.1. The van der Waals surface area contributed by atoms with Crippen LogP contribution in [-0.4, -0.2) is 42.4 Å². The fourth-order valence-corrected chi connectivity index (χ4v) is 4.23. The fourth-order valence-electron chi connectivity index (χ4n) is 3.84. The minimum atomic E-state index is -0.237. The van der Waals surface area contributed by atoms with Gasteiger partial charge in [0.2, 0.25) is 11.8 Å². The van der Waals surface area contributed by atoms with Crippen LogP contribution in [0.1, 0.15) is 30.9 Å². The number of nitrogens with one attached hydrogen (secondary N) is 2. The first-order valence-corrected chi connectivity index (χ1v) is 11.0. The molecule has 0 radical (unpaired) electrons. The summed E-state index contributed by atoms with van der Waals surface area (Å²) in [5, 5.41) is 5.57. The molecule has 0 aliphatic heterocycles. The van der Waals surface area contributed by atoms with Crippen LogP contribution in [0, 0.1) is 0 Å². The molecule has 1 atom stereocenters. The van der Waals surface area contributed by atoms with Crippen LogP contribution in [0.3, 0.4) is 0 Å². The van der Waals surface area contributed by atoms with Gasteiger partial charge < -0.3 is 10.6 Å². The van der Waals surface area contributed by atoms with Crippen molar-refractivity contribution in [2.75, 3.05) is 25.0 Å². The summed E-state index contributed by atoms with van der Waals surface area (Å²) < 4.78 is 0.811. The molecule has 0 saturated carbocycles. The lowest BCUT2D eigenvalue weighted by Gasteiger charge is -2.34. The largest absolute Gasteiger partial charge is 0.346 e. The number of hydrogen-bond acceptors (Lipinski definition) is 3. The Labute approximate surface area is 181 Å². The summed E-state index contributed by atoms with van der Waals surface area (Å²) in [4.78, 5) is 26.9. The molecular formula is C23H28BrN3O2. The Morgan fingerprint density at radius 2 is 1.79 bits per heavy atom. The average molecular weight is 458 g/mol. The van der Waals surface area contributed by atoms with E-state index in [1.807, 2.05) is 24.3 Å². The van der Waals surface area contributed by atoms with Crippen LogP contribution in [-0.2, 0) is 22.4 Å². The van der Waals surface area contributed by atoms with Crippen molar-refractivity contribution in [2.24, 2.45) is 0 Å². The summed E-state index contributed by atoms with van der Waals surface area (Å²) in [6, 6.07) is 16.3. The first-order valence-electron chi connectivity index (χ1n) is 10.2. The van der Waals surface area contributed by atoms with E-state index in [1.165, 1.54) is 11.1 Å². The van der Waals surface area contributed by atoms with Crippen molar-refractivity contribution < 1.29 is 9.59 Å². The first kappa shape index (κ1) is 21.5. The van der Waals surface area contributed by atoms with Gasteiger partial charge in [0.05, 0.1) is 18.8 Å². The minimum Gasteiger partial charge on any atom is -0.346 e. The molecule has 154 valence electrons. The van der Waals surface area contributed by atoms with E-state index in [-0.39, 0.29) is 18.4 Å². The van der Waals surface area contributed by atoms with E-state index >= 15 is 0 Å². The van der Waals surface area contributed by atoms with E-state index in [4.69, 9.17) is 0 Å². The normalized spacial score (nSPS) is 15.6. The van der Waals surface area contributed by atoms with Gasteiger partial charge in [-0.2, -0.15) is 0 Å².